The molecule has 0 saturated carbocycles. The molecule has 0 amide bonds. The van der Waals surface area contributed by atoms with Crippen LogP contribution in [-0.2, 0) is 0 Å². The van der Waals surface area contributed by atoms with Crippen LogP contribution in [0, 0.1) is 0 Å². The SMILES string of the molecule is c1ccc(-c2ccccc2-c2c(-c3ccccc3)cccc2-c2cccc(N(c3ccc(-c4cccc5c4oc4ccccc45)cc3)c3cccc(-c4ccc5c(c4)c4ccccc4n5-c4ccccc4)c3)c2)cc1. The summed E-state index contributed by atoms with van der Waals surface area (Å²) < 4.78 is 8.91. The van der Waals surface area contributed by atoms with Gasteiger partial charge in [-0.25, -0.2) is 0 Å². The van der Waals surface area contributed by atoms with E-state index in [0.29, 0.717) is 0 Å². The smallest absolute Gasteiger partial charge is 0.143 e. The standard InChI is InChI=1S/C72H48N2O/c1-4-20-49(21-5-1)59-30-10-11-33-65(59)71-60(50-22-6-2-7-23-50)34-18-35-61(71)54-25-17-29-58(47-54)73(56-43-40-51(41-44-56)62-36-19-37-66-64-32-13-15-39-70(64)75-72(62)66)57-28-16-24-52(46-57)53-42-45-69-67(48-53)63-31-12-14-38-68(63)74(69)55-26-8-3-9-27-55/h1-48H. The number of fused-ring (bicyclic) bond motifs is 6. The van der Waals surface area contributed by atoms with E-state index in [4.69, 9.17) is 4.42 Å². The van der Waals surface area contributed by atoms with Crippen molar-refractivity contribution in [2.45, 2.75) is 0 Å². The highest BCUT2D eigenvalue weighted by atomic mass is 16.3. The van der Waals surface area contributed by atoms with E-state index in [1.54, 1.807) is 0 Å². The van der Waals surface area contributed by atoms with Gasteiger partial charge < -0.3 is 13.9 Å². The largest absolute Gasteiger partial charge is 0.455 e. The summed E-state index contributed by atoms with van der Waals surface area (Å²) >= 11 is 0. The molecule has 75 heavy (non-hydrogen) atoms. The van der Waals surface area contributed by atoms with E-state index in [1.807, 2.05) is 12.1 Å². The van der Waals surface area contributed by atoms with Crippen LogP contribution in [-0.4, -0.2) is 4.57 Å². The lowest BCUT2D eigenvalue weighted by molar-refractivity contribution is 0.670. The third-order valence-electron chi connectivity index (χ3n) is 14.8. The van der Waals surface area contributed by atoms with Crippen molar-refractivity contribution < 1.29 is 4.42 Å². The van der Waals surface area contributed by atoms with Crippen LogP contribution in [0.3, 0.4) is 0 Å². The van der Waals surface area contributed by atoms with E-state index in [1.165, 1.54) is 55.2 Å². The molecule has 0 aliphatic heterocycles. The fourth-order valence-electron chi connectivity index (χ4n) is 11.4. The Morgan fingerprint density at radius 1 is 0.267 bits per heavy atom. The van der Waals surface area contributed by atoms with Crippen molar-refractivity contribution in [3.05, 3.63) is 291 Å². The number of rotatable bonds is 10. The lowest BCUT2D eigenvalue weighted by atomic mass is 9.84. The second kappa shape index (κ2) is 18.6. The number of nitrogens with zero attached hydrogens (tertiary/aromatic N) is 2. The Kier molecular flexibility index (Phi) is 10.8. The molecule has 3 heteroatoms. The number of furan rings is 1. The van der Waals surface area contributed by atoms with Crippen LogP contribution in [0.25, 0.3) is 116 Å². The highest BCUT2D eigenvalue weighted by Crippen LogP contribution is 2.47. The molecule has 0 radical (unpaired) electrons. The van der Waals surface area contributed by atoms with Crippen LogP contribution in [0.4, 0.5) is 17.1 Å². The number of aromatic nitrogens is 1. The topological polar surface area (TPSA) is 21.3 Å². The summed E-state index contributed by atoms with van der Waals surface area (Å²) in [5.41, 5.74) is 22.3. The minimum absolute atomic E-state index is 0.893. The first-order valence-electron chi connectivity index (χ1n) is 25.7. The summed E-state index contributed by atoms with van der Waals surface area (Å²) in [6, 6.07) is 105. The molecule has 3 nitrogen and oxygen atoms in total. The molecule has 0 spiro atoms. The first-order chi connectivity index (χ1) is 37.2. The third-order valence-corrected chi connectivity index (χ3v) is 14.8. The van der Waals surface area contributed by atoms with Crippen molar-refractivity contribution in [1.82, 2.24) is 4.57 Å². The molecule has 14 aromatic rings. The number of para-hydroxylation sites is 4. The minimum Gasteiger partial charge on any atom is -0.455 e. The molecule has 12 aromatic carbocycles. The van der Waals surface area contributed by atoms with E-state index < -0.39 is 0 Å². The van der Waals surface area contributed by atoms with Gasteiger partial charge >= 0.3 is 0 Å². The molecule has 0 N–H and O–H groups in total. The van der Waals surface area contributed by atoms with Gasteiger partial charge in [0.2, 0.25) is 0 Å². The van der Waals surface area contributed by atoms with Gasteiger partial charge in [0, 0.05) is 49.9 Å². The fraction of sp³-hybridized carbons (Fsp3) is 0. The number of hydrogen-bond donors (Lipinski definition) is 0. The van der Waals surface area contributed by atoms with Crippen LogP contribution in [0.1, 0.15) is 0 Å². The van der Waals surface area contributed by atoms with E-state index in [-0.39, 0.29) is 0 Å². The van der Waals surface area contributed by atoms with Crippen LogP contribution in [0.15, 0.2) is 296 Å². The molecule has 0 atom stereocenters. The van der Waals surface area contributed by atoms with Gasteiger partial charge in [-0.05, 0) is 134 Å². The predicted molar refractivity (Wildman–Crippen MR) is 315 cm³/mol. The zero-order valence-corrected chi connectivity index (χ0v) is 41.0. The zero-order chi connectivity index (χ0) is 49.7. The highest BCUT2D eigenvalue weighted by Gasteiger charge is 2.21. The summed E-state index contributed by atoms with van der Waals surface area (Å²) in [6.45, 7) is 0. The fourth-order valence-corrected chi connectivity index (χ4v) is 11.4. The summed E-state index contributed by atoms with van der Waals surface area (Å²) in [7, 11) is 0. The average molecular weight is 957 g/mol. The molecule has 352 valence electrons. The van der Waals surface area contributed by atoms with Crippen molar-refractivity contribution in [1.29, 1.82) is 0 Å². The Hall–Kier alpha value is -9.96. The monoisotopic (exact) mass is 956 g/mol. The summed E-state index contributed by atoms with van der Waals surface area (Å²) in [6.07, 6.45) is 0. The van der Waals surface area contributed by atoms with Crippen molar-refractivity contribution in [3.63, 3.8) is 0 Å². The molecule has 2 aromatic heterocycles. The maximum Gasteiger partial charge on any atom is 0.143 e. The van der Waals surface area contributed by atoms with Crippen LogP contribution in [0.5, 0.6) is 0 Å². The van der Waals surface area contributed by atoms with Gasteiger partial charge in [0.1, 0.15) is 11.2 Å². The Morgan fingerprint density at radius 3 is 1.51 bits per heavy atom. The van der Waals surface area contributed by atoms with Crippen molar-refractivity contribution >= 4 is 60.8 Å². The Labute approximate surface area is 436 Å². The van der Waals surface area contributed by atoms with Gasteiger partial charge in [0.25, 0.3) is 0 Å². The highest BCUT2D eigenvalue weighted by molar-refractivity contribution is 6.11. The Bertz CT molecular complexity index is 4400. The lowest BCUT2D eigenvalue weighted by Gasteiger charge is -2.27. The number of benzene rings is 12. The van der Waals surface area contributed by atoms with E-state index in [2.05, 4.69) is 289 Å². The molecule has 0 bridgehead atoms. The van der Waals surface area contributed by atoms with Gasteiger partial charge in [-0.1, -0.05) is 218 Å². The van der Waals surface area contributed by atoms with Gasteiger partial charge in [0.15, 0.2) is 0 Å². The van der Waals surface area contributed by atoms with Crippen LogP contribution >= 0.6 is 0 Å². The molecule has 0 unspecified atom stereocenters. The molecule has 0 saturated heterocycles. The van der Waals surface area contributed by atoms with Gasteiger partial charge in [-0.3, -0.25) is 0 Å². The quantitative estimate of drug-likeness (QED) is 0.136. The van der Waals surface area contributed by atoms with Gasteiger partial charge in [0.05, 0.1) is 11.0 Å². The molecular weight excluding hydrogens is 909 g/mol. The average Bonchev–Trinajstić information content (AvgIpc) is 4.06. The third kappa shape index (κ3) is 7.78. The summed E-state index contributed by atoms with van der Waals surface area (Å²) in [4.78, 5) is 2.40. The van der Waals surface area contributed by atoms with E-state index >= 15 is 0 Å². The molecule has 2 heterocycles. The normalized spacial score (nSPS) is 11.5. The maximum atomic E-state index is 6.54. The first kappa shape index (κ1) is 43.8. The minimum atomic E-state index is 0.893. The van der Waals surface area contributed by atoms with Crippen molar-refractivity contribution in [2.75, 3.05) is 4.90 Å². The Balaban J connectivity index is 0.936. The Morgan fingerprint density at radius 2 is 0.747 bits per heavy atom. The van der Waals surface area contributed by atoms with Crippen LogP contribution in [0.2, 0.25) is 0 Å². The van der Waals surface area contributed by atoms with Gasteiger partial charge in [-0.15, -0.1) is 0 Å². The zero-order valence-electron chi connectivity index (χ0n) is 41.0. The van der Waals surface area contributed by atoms with E-state index in [0.717, 1.165) is 78.1 Å². The second-order valence-electron chi connectivity index (χ2n) is 19.2. The molecule has 0 fully saturated rings. The lowest BCUT2D eigenvalue weighted by Crippen LogP contribution is -2.10. The second-order valence-corrected chi connectivity index (χ2v) is 19.2. The number of hydrogen-bond acceptors (Lipinski definition) is 2. The molecule has 0 aliphatic rings. The molecule has 14 rings (SSSR count). The van der Waals surface area contributed by atoms with Gasteiger partial charge in [-0.2, -0.15) is 0 Å². The molecular formula is C72H48N2O. The van der Waals surface area contributed by atoms with Crippen LogP contribution < -0.4 is 4.90 Å². The predicted octanol–water partition coefficient (Wildman–Crippen LogP) is 20.2. The maximum absolute atomic E-state index is 6.54. The number of anilines is 3. The van der Waals surface area contributed by atoms with Crippen molar-refractivity contribution in [2.24, 2.45) is 0 Å². The van der Waals surface area contributed by atoms with E-state index in [9.17, 15) is 0 Å². The molecule has 0 aliphatic carbocycles. The summed E-state index contributed by atoms with van der Waals surface area (Å²) in [5.74, 6) is 0. The first-order valence-corrected chi connectivity index (χ1v) is 25.7. The van der Waals surface area contributed by atoms with Crippen molar-refractivity contribution in [3.8, 4) is 72.4 Å². The summed E-state index contributed by atoms with van der Waals surface area (Å²) in [5, 5.41) is 4.69.